The summed E-state index contributed by atoms with van der Waals surface area (Å²) >= 11 is 0. The summed E-state index contributed by atoms with van der Waals surface area (Å²) in [5.74, 6) is 0.446. The summed E-state index contributed by atoms with van der Waals surface area (Å²) in [4.78, 5) is 14.1. The monoisotopic (exact) mass is 141 g/mol. The van der Waals surface area contributed by atoms with Gasteiger partial charge >= 0.3 is 6.03 Å². The Morgan fingerprint density at radius 2 is 2.30 bits per heavy atom. The topological polar surface area (TPSA) is 99.8 Å². The highest BCUT2D eigenvalue weighted by atomic mass is 16.2. The number of rotatable bonds is 0. The number of hydrogen-bond donors (Lipinski definition) is 2. The molecule has 0 fully saturated rings. The Balaban J connectivity index is 3.15. The molecular weight excluding hydrogens is 134 g/mol. The van der Waals surface area contributed by atoms with Crippen molar-refractivity contribution < 1.29 is 4.79 Å². The lowest BCUT2D eigenvalue weighted by molar-refractivity contribution is 0.247. The Bertz CT molecular complexity index is 265. The fraction of sp³-hybridized carbons (Fsp3) is 0.250. The first-order chi connectivity index (χ1) is 4.61. The molecule has 6 heteroatoms. The maximum Gasteiger partial charge on any atom is 0.341 e. The molecule has 0 aliphatic carbocycles. The van der Waals surface area contributed by atoms with Gasteiger partial charge in [-0.3, -0.25) is 0 Å². The van der Waals surface area contributed by atoms with Crippen LogP contribution in [-0.4, -0.2) is 20.8 Å². The summed E-state index contributed by atoms with van der Waals surface area (Å²) in [6.45, 7) is 1.59. The maximum absolute atomic E-state index is 10.5. The second-order valence-corrected chi connectivity index (χ2v) is 1.77. The van der Waals surface area contributed by atoms with E-state index in [0.29, 0.717) is 5.82 Å². The van der Waals surface area contributed by atoms with Gasteiger partial charge in [-0.05, 0) is 6.92 Å². The largest absolute Gasteiger partial charge is 0.366 e. The van der Waals surface area contributed by atoms with Gasteiger partial charge < -0.3 is 11.5 Å². The molecule has 0 saturated carbocycles. The number of nitrogens with zero attached hydrogens (tertiary/aromatic N) is 3. The molecule has 6 nitrogen and oxygen atoms in total. The second kappa shape index (κ2) is 1.98. The lowest BCUT2D eigenvalue weighted by Crippen LogP contribution is -2.22. The third kappa shape index (κ3) is 0.903. The predicted molar refractivity (Wildman–Crippen MR) is 34.2 cm³/mol. The molecule has 54 valence electrons. The van der Waals surface area contributed by atoms with Crippen LogP contribution in [0.5, 0.6) is 0 Å². The lowest BCUT2D eigenvalue weighted by atomic mass is 10.7. The molecule has 1 aromatic heterocycles. The van der Waals surface area contributed by atoms with Gasteiger partial charge in [0.05, 0.1) is 0 Å². The van der Waals surface area contributed by atoms with Crippen LogP contribution in [0.25, 0.3) is 0 Å². The van der Waals surface area contributed by atoms with E-state index in [1.54, 1.807) is 6.92 Å². The van der Waals surface area contributed by atoms with Crippen molar-refractivity contribution in [2.75, 3.05) is 5.73 Å². The lowest BCUT2D eigenvalue weighted by Gasteiger charge is -1.91. The van der Waals surface area contributed by atoms with Crippen LogP contribution < -0.4 is 11.5 Å². The first-order valence-corrected chi connectivity index (χ1v) is 2.60. The molecule has 0 bridgehead atoms. The van der Waals surface area contributed by atoms with Gasteiger partial charge in [-0.2, -0.15) is 9.67 Å². The molecule has 0 spiro atoms. The maximum atomic E-state index is 10.5. The summed E-state index contributed by atoms with van der Waals surface area (Å²) in [6.07, 6.45) is 0. The molecule has 1 heterocycles. The molecule has 0 radical (unpaired) electrons. The summed E-state index contributed by atoms with van der Waals surface area (Å²) in [6, 6.07) is -0.679. The van der Waals surface area contributed by atoms with E-state index in [9.17, 15) is 4.79 Å². The third-order valence-corrected chi connectivity index (χ3v) is 0.994. The van der Waals surface area contributed by atoms with Gasteiger partial charge in [0.1, 0.15) is 5.82 Å². The SMILES string of the molecule is Cc1nc(N)nn1C(N)=O. The molecule has 0 aliphatic heterocycles. The van der Waals surface area contributed by atoms with E-state index in [-0.39, 0.29) is 5.95 Å². The quantitative estimate of drug-likeness (QED) is 0.488. The van der Waals surface area contributed by atoms with Crippen LogP contribution in [0, 0.1) is 6.92 Å². The molecule has 1 amide bonds. The molecule has 0 aliphatic rings. The minimum Gasteiger partial charge on any atom is -0.366 e. The number of primary amides is 1. The van der Waals surface area contributed by atoms with Gasteiger partial charge in [-0.25, -0.2) is 4.79 Å². The molecule has 0 aromatic carbocycles. The van der Waals surface area contributed by atoms with Gasteiger partial charge in [0.2, 0.25) is 5.95 Å². The average molecular weight is 141 g/mol. The summed E-state index contributed by atoms with van der Waals surface area (Å²) in [5, 5.41) is 3.52. The van der Waals surface area contributed by atoms with Crippen molar-refractivity contribution in [1.29, 1.82) is 0 Å². The summed E-state index contributed by atoms with van der Waals surface area (Å²) in [5.41, 5.74) is 10.1. The van der Waals surface area contributed by atoms with Crippen LogP contribution in [-0.2, 0) is 0 Å². The van der Waals surface area contributed by atoms with Crippen molar-refractivity contribution in [3.63, 3.8) is 0 Å². The zero-order valence-corrected chi connectivity index (χ0v) is 5.40. The number of nitrogen functional groups attached to an aromatic ring is 1. The fourth-order valence-corrected chi connectivity index (χ4v) is 0.619. The van der Waals surface area contributed by atoms with E-state index in [1.165, 1.54) is 0 Å². The minimum atomic E-state index is -0.679. The number of hydrogen-bond acceptors (Lipinski definition) is 4. The van der Waals surface area contributed by atoms with E-state index in [0.717, 1.165) is 4.68 Å². The zero-order valence-electron chi connectivity index (χ0n) is 5.40. The van der Waals surface area contributed by atoms with Crippen molar-refractivity contribution in [2.45, 2.75) is 6.92 Å². The number of carbonyl (C=O) groups is 1. The van der Waals surface area contributed by atoms with Gasteiger partial charge in [-0.15, -0.1) is 5.10 Å². The van der Waals surface area contributed by atoms with Crippen molar-refractivity contribution in [2.24, 2.45) is 5.73 Å². The number of aromatic nitrogens is 3. The number of amides is 1. The molecule has 10 heavy (non-hydrogen) atoms. The standard InChI is InChI=1S/C4H7N5O/c1-2-7-3(5)8-9(2)4(6)10/h1H3,(H2,5,8)(H2,6,10). The molecule has 0 atom stereocenters. The Morgan fingerprint density at radius 1 is 1.70 bits per heavy atom. The number of aryl methyl sites for hydroxylation is 1. The predicted octanol–water partition coefficient (Wildman–Crippen LogP) is -0.904. The highest BCUT2D eigenvalue weighted by Crippen LogP contribution is 1.95. The molecular formula is C4H7N5O. The normalized spacial score (nSPS) is 9.70. The average Bonchev–Trinajstić information content (AvgIpc) is 2.10. The Kier molecular flexibility index (Phi) is 1.29. The number of nitrogens with two attached hydrogens (primary N) is 2. The van der Waals surface area contributed by atoms with Crippen LogP contribution in [0.15, 0.2) is 0 Å². The van der Waals surface area contributed by atoms with Crippen molar-refractivity contribution in [3.05, 3.63) is 5.82 Å². The minimum absolute atomic E-state index is 0.0521. The van der Waals surface area contributed by atoms with Gasteiger partial charge in [-0.1, -0.05) is 0 Å². The smallest absolute Gasteiger partial charge is 0.341 e. The third-order valence-electron chi connectivity index (χ3n) is 0.994. The van der Waals surface area contributed by atoms with Crippen molar-refractivity contribution in [3.8, 4) is 0 Å². The Morgan fingerprint density at radius 3 is 2.50 bits per heavy atom. The first-order valence-electron chi connectivity index (χ1n) is 2.60. The van der Waals surface area contributed by atoms with Crippen LogP contribution in [0.2, 0.25) is 0 Å². The molecule has 0 saturated heterocycles. The highest BCUT2D eigenvalue weighted by molar-refractivity contribution is 5.74. The number of carbonyl (C=O) groups excluding carboxylic acids is 1. The van der Waals surface area contributed by atoms with Gasteiger partial charge in [0.25, 0.3) is 0 Å². The van der Waals surface area contributed by atoms with Crippen LogP contribution in [0.3, 0.4) is 0 Å². The van der Waals surface area contributed by atoms with Gasteiger partial charge in [0, 0.05) is 0 Å². The zero-order chi connectivity index (χ0) is 7.72. The van der Waals surface area contributed by atoms with Crippen molar-refractivity contribution in [1.82, 2.24) is 14.8 Å². The molecule has 4 N–H and O–H groups in total. The first kappa shape index (κ1) is 6.53. The summed E-state index contributed by atoms with van der Waals surface area (Å²) in [7, 11) is 0. The van der Waals surface area contributed by atoms with Crippen LogP contribution in [0.1, 0.15) is 5.82 Å². The van der Waals surface area contributed by atoms with E-state index < -0.39 is 6.03 Å². The van der Waals surface area contributed by atoms with Crippen molar-refractivity contribution >= 4 is 12.0 Å². The summed E-state index contributed by atoms with van der Waals surface area (Å²) < 4.78 is 0.940. The second-order valence-electron chi connectivity index (χ2n) is 1.77. The van der Waals surface area contributed by atoms with E-state index >= 15 is 0 Å². The molecule has 0 unspecified atom stereocenters. The van der Waals surface area contributed by atoms with Crippen LogP contribution >= 0.6 is 0 Å². The van der Waals surface area contributed by atoms with E-state index in [4.69, 9.17) is 11.5 Å². The highest BCUT2D eigenvalue weighted by Gasteiger charge is 2.05. The Hall–Kier alpha value is -1.59. The van der Waals surface area contributed by atoms with E-state index in [1.807, 2.05) is 0 Å². The van der Waals surface area contributed by atoms with Gasteiger partial charge in [0.15, 0.2) is 0 Å². The van der Waals surface area contributed by atoms with Crippen LogP contribution in [0.4, 0.5) is 10.7 Å². The Labute approximate surface area is 56.8 Å². The molecule has 1 aromatic rings. The fourth-order valence-electron chi connectivity index (χ4n) is 0.619. The number of anilines is 1. The van der Waals surface area contributed by atoms with E-state index in [2.05, 4.69) is 10.1 Å². The molecule has 1 rings (SSSR count).